The molecule has 20 heavy (non-hydrogen) atoms. The predicted octanol–water partition coefficient (Wildman–Crippen LogP) is 4.17. The zero-order valence-corrected chi connectivity index (χ0v) is 11.3. The minimum atomic E-state index is 0.218. The summed E-state index contributed by atoms with van der Waals surface area (Å²) in [5.41, 5.74) is 1.68. The molecular formula is C16H12ClNO2. The molecule has 1 N–H and O–H groups in total. The fraction of sp³-hybridized carbons (Fsp3) is 0.0625. The monoisotopic (exact) mass is 285 g/mol. The van der Waals surface area contributed by atoms with Crippen molar-refractivity contribution >= 4 is 22.5 Å². The highest BCUT2D eigenvalue weighted by Crippen LogP contribution is 2.20. The molecule has 2 aromatic carbocycles. The molecule has 0 aliphatic heterocycles. The number of benzene rings is 2. The zero-order chi connectivity index (χ0) is 13.9. The van der Waals surface area contributed by atoms with Gasteiger partial charge in [-0.2, -0.15) is 0 Å². The summed E-state index contributed by atoms with van der Waals surface area (Å²) in [6, 6.07) is 16.1. The van der Waals surface area contributed by atoms with Crippen molar-refractivity contribution in [3.05, 3.63) is 65.3 Å². The topological polar surface area (TPSA) is 42.4 Å². The van der Waals surface area contributed by atoms with Crippen LogP contribution in [0.1, 0.15) is 5.69 Å². The largest absolute Gasteiger partial charge is 0.508 e. The lowest BCUT2D eigenvalue weighted by atomic mass is 10.2. The van der Waals surface area contributed by atoms with Crippen LogP contribution < -0.4 is 4.74 Å². The molecule has 0 saturated carbocycles. The van der Waals surface area contributed by atoms with Gasteiger partial charge in [-0.05, 0) is 42.5 Å². The summed E-state index contributed by atoms with van der Waals surface area (Å²) in [6.45, 7) is 0.368. The molecule has 0 unspecified atom stereocenters. The van der Waals surface area contributed by atoms with Crippen LogP contribution in [0.25, 0.3) is 10.9 Å². The van der Waals surface area contributed by atoms with E-state index >= 15 is 0 Å². The number of pyridine rings is 1. The molecule has 0 spiro atoms. The maximum Gasteiger partial charge on any atom is 0.130 e. The van der Waals surface area contributed by atoms with Gasteiger partial charge in [-0.1, -0.05) is 23.7 Å². The summed E-state index contributed by atoms with van der Waals surface area (Å²) in [4.78, 5) is 4.51. The van der Waals surface area contributed by atoms with Crippen LogP contribution in [-0.2, 0) is 6.61 Å². The molecule has 0 atom stereocenters. The quantitative estimate of drug-likeness (QED) is 0.785. The Balaban J connectivity index is 1.78. The third-order valence-corrected chi connectivity index (χ3v) is 3.17. The zero-order valence-electron chi connectivity index (χ0n) is 10.6. The van der Waals surface area contributed by atoms with E-state index in [4.69, 9.17) is 16.3 Å². The minimum absolute atomic E-state index is 0.218. The van der Waals surface area contributed by atoms with Gasteiger partial charge < -0.3 is 9.84 Å². The molecule has 1 aromatic heterocycles. The first kappa shape index (κ1) is 12.8. The lowest BCUT2D eigenvalue weighted by molar-refractivity contribution is 0.301. The van der Waals surface area contributed by atoms with Crippen molar-refractivity contribution < 1.29 is 9.84 Å². The van der Waals surface area contributed by atoms with E-state index in [1.807, 2.05) is 30.3 Å². The van der Waals surface area contributed by atoms with Crippen LogP contribution in [0.5, 0.6) is 11.5 Å². The fourth-order valence-electron chi connectivity index (χ4n) is 1.91. The Morgan fingerprint density at radius 1 is 1.00 bits per heavy atom. The van der Waals surface area contributed by atoms with E-state index < -0.39 is 0 Å². The summed E-state index contributed by atoms with van der Waals surface area (Å²) in [5, 5.41) is 10.9. The van der Waals surface area contributed by atoms with Crippen molar-refractivity contribution in [3.63, 3.8) is 0 Å². The van der Waals surface area contributed by atoms with Gasteiger partial charge in [-0.3, -0.25) is 0 Å². The van der Waals surface area contributed by atoms with Crippen LogP contribution in [0.3, 0.4) is 0 Å². The highest BCUT2D eigenvalue weighted by atomic mass is 35.5. The molecule has 3 rings (SSSR count). The average molecular weight is 286 g/mol. The Morgan fingerprint density at radius 2 is 1.75 bits per heavy atom. The van der Waals surface area contributed by atoms with Crippen molar-refractivity contribution in [1.29, 1.82) is 0 Å². The van der Waals surface area contributed by atoms with Crippen molar-refractivity contribution in [2.75, 3.05) is 0 Å². The molecule has 0 bridgehead atoms. The fourth-order valence-corrected chi connectivity index (χ4v) is 2.08. The summed E-state index contributed by atoms with van der Waals surface area (Å²) < 4.78 is 5.62. The maximum absolute atomic E-state index is 9.21. The smallest absolute Gasteiger partial charge is 0.130 e. The molecule has 100 valence electrons. The molecule has 0 saturated heterocycles. The van der Waals surface area contributed by atoms with Crippen LogP contribution in [0.4, 0.5) is 0 Å². The SMILES string of the molecule is Oc1ccc(OCc2ccc3ccc(Cl)cc3n2)cc1. The molecule has 1 heterocycles. The molecule has 0 fully saturated rings. The molecule has 4 heteroatoms. The normalized spacial score (nSPS) is 10.7. The Morgan fingerprint density at radius 3 is 2.55 bits per heavy atom. The minimum Gasteiger partial charge on any atom is -0.508 e. The van der Waals surface area contributed by atoms with E-state index in [0.29, 0.717) is 17.4 Å². The second-order valence-corrected chi connectivity index (χ2v) is 4.86. The van der Waals surface area contributed by atoms with Crippen molar-refractivity contribution in [3.8, 4) is 11.5 Å². The van der Waals surface area contributed by atoms with Gasteiger partial charge in [0.05, 0.1) is 11.2 Å². The van der Waals surface area contributed by atoms with Gasteiger partial charge in [-0.15, -0.1) is 0 Å². The third-order valence-electron chi connectivity index (χ3n) is 2.94. The van der Waals surface area contributed by atoms with Gasteiger partial charge in [0.2, 0.25) is 0 Å². The molecule has 0 radical (unpaired) electrons. The number of hydrogen-bond donors (Lipinski definition) is 1. The standard InChI is InChI=1S/C16H12ClNO2/c17-12-3-1-11-2-4-13(18-16(11)9-12)10-20-15-7-5-14(19)6-8-15/h1-9,19H,10H2. The number of hydrogen-bond acceptors (Lipinski definition) is 3. The summed E-state index contributed by atoms with van der Waals surface area (Å²) >= 11 is 5.96. The van der Waals surface area contributed by atoms with E-state index in [9.17, 15) is 5.11 Å². The number of halogens is 1. The molecule has 3 aromatic rings. The van der Waals surface area contributed by atoms with E-state index in [1.165, 1.54) is 0 Å². The molecule has 3 nitrogen and oxygen atoms in total. The average Bonchev–Trinajstić information content (AvgIpc) is 2.46. The number of aromatic nitrogens is 1. The number of fused-ring (bicyclic) bond motifs is 1. The first-order valence-electron chi connectivity index (χ1n) is 6.18. The Labute approximate surface area is 121 Å². The van der Waals surface area contributed by atoms with Crippen LogP contribution in [0, 0.1) is 0 Å². The summed E-state index contributed by atoms with van der Waals surface area (Å²) in [6.07, 6.45) is 0. The van der Waals surface area contributed by atoms with Crippen molar-refractivity contribution in [2.24, 2.45) is 0 Å². The van der Waals surface area contributed by atoms with Crippen LogP contribution >= 0.6 is 11.6 Å². The second-order valence-electron chi connectivity index (χ2n) is 4.42. The lowest BCUT2D eigenvalue weighted by Gasteiger charge is -2.07. The first-order valence-corrected chi connectivity index (χ1v) is 6.55. The summed E-state index contributed by atoms with van der Waals surface area (Å²) in [7, 11) is 0. The third kappa shape index (κ3) is 2.83. The molecule has 0 aliphatic rings. The van der Waals surface area contributed by atoms with Crippen LogP contribution in [0.2, 0.25) is 5.02 Å². The highest BCUT2D eigenvalue weighted by molar-refractivity contribution is 6.31. The predicted molar refractivity (Wildman–Crippen MR) is 79.2 cm³/mol. The van der Waals surface area contributed by atoms with E-state index in [0.717, 1.165) is 16.6 Å². The number of aromatic hydroxyl groups is 1. The van der Waals surface area contributed by atoms with Gasteiger partial charge in [0.15, 0.2) is 0 Å². The van der Waals surface area contributed by atoms with Gasteiger partial charge >= 0.3 is 0 Å². The second kappa shape index (κ2) is 5.39. The van der Waals surface area contributed by atoms with Crippen molar-refractivity contribution in [2.45, 2.75) is 6.61 Å². The molecule has 0 amide bonds. The first-order chi connectivity index (χ1) is 9.70. The van der Waals surface area contributed by atoms with E-state index in [-0.39, 0.29) is 5.75 Å². The number of phenols is 1. The van der Waals surface area contributed by atoms with Crippen molar-refractivity contribution in [1.82, 2.24) is 4.98 Å². The number of phenolic OH excluding ortho intramolecular Hbond substituents is 1. The lowest BCUT2D eigenvalue weighted by Crippen LogP contribution is -1.98. The number of nitrogens with zero attached hydrogens (tertiary/aromatic N) is 1. The van der Waals surface area contributed by atoms with E-state index in [2.05, 4.69) is 4.98 Å². The Bertz CT molecular complexity index is 741. The number of rotatable bonds is 3. The maximum atomic E-state index is 9.21. The van der Waals surface area contributed by atoms with Gasteiger partial charge in [-0.25, -0.2) is 4.98 Å². The molecular weight excluding hydrogens is 274 g/mol. The van der Waals surface area contributed by atoms with Crippen LogP contribution in [-0.4, -0.2) is 10.1 Å². The van der Waals surface area contributed by atoms with Gasteiger partial charge in [0, 0.05) is 10.4 Å². The van der Waals surface area contributed by atoms with Crippen LogP contribution in [0.15, 0.2) is 54.6 Å². The number of ether oxygens (including phenoxy) is 1. The van der Waals surface area contributed by atoms with E-state index in [1.54, 1.807) is 24.3 Å². The highest BCUT2D eigenvalue weighted by Gasteiger charge is 2.01. The van der Waals surface area contributed by atoms with Gasteiger partial charge in [0.25, 0.3) is 0 Å². The molecule has 0 aliphatic carbocycles. The Hall–Kier alpha value is -2.26. The van der Waals surface area contributed by atoms with Gasteiger partial charge in [0.1, 0.15) is 18.1 Å². The Kier molecular flexibility index (Phi) is 3.44. The summed E-state index contributed by atoms with van der Waals surface area (Å²) in [5.74, 6) is 0.909.